The van der Waals surface area contributed by atoms with Gasteiger partial charge in [0.2, 0.25) is 0 Å². The Kier molecular flexibility index (Phi) is 5.73. The zero-order valence-corrected chi connectivity index (χ0v) is 19.4. The van der Waals surface area contributed by atoms with E-state index in [0.29, 0.717) is 41.9 Å². The van der Waals surface area contributed by atoms with Crippen molar-refractivity contribution >= 4 is 5.78 Å². The molecule has 2 N–H and O–H groups in total. The van der Waals surface area contributed by atoms with Crippen LogP contribution in [0.2, 0.25) is 0 Å². The van der Waals surface area contributed by atoms with Gasteiger partial charge in [0.05, 0.1) is 12.2 Å². The lowest BCUT2D eigenvalue weighted by atomic mass is 9.42. The second kappa shape index (κ2) is 7.62. The summed E-state index contributed by atoms with van der Waals surface area (Å²) in [4.78, 5) is 11.5. The van der Waals surface area contributed by atoms with Crippen molar-refractivity contribution in [1.29, 1.82) is 0 Å². The van der Waals surface area contributed by atoms with E-state index in [-0.39, 0.29) is 28.8 Å². The highest BCUT2D eigenvalue weighted by Gasteiger charge is 2.65. The molecule has 0 aromatic heterocycles. The lowest BCUT2D eigenvalue weighted by molar-refractivity contribution is -0.203. The van der Waals surface area contributed by atoms with Crippen LogP contribution in [0.25, 0.3) is 0 Å². The van der Waals surface area contributed by atoms with E-state index in [4.69, 9.17) is 0 Å². The molecule has 8 unspecified atom stereocenters. The van der Waals surface area contributed by atoms with Crippen molar-refractivity contribution in [3.05, 3.63) is 0 Å². The van der Waals surface area contributed by atoms with Crippen molar-refractivity contribution < 1.29 is 15.0 Å². The van der Waals surface area contributed by atoms with Gasteiger partial charge in [-0.05, 0) is 104 Å². The Morgan fingerprint density at radius 2 is 1.79 bits per heavy atom. The smallest absolute Gasteiger partial charge is 0.129 e. The van der Waals surface area contributed by atoms with Crippen LogP contribution in [0.3, 0.4) is 0 Å². The highest BCUT2D eigenvalue weighted by atomic mass is 16.3. The highest BCUT2D eigenvalue weighted by Crippen LogP contribution is 2.68. The summed E-state index contributed by atoms with van der Waals surface area (Å²) >= 11 is 0. The topological polar surface area (TPSA) is 57.5 Å². The summed E-state index contributed by atoms with van der Waals surface area (Å²) in [5.41, 5.74) is 0.181. The SMILES string of the molecule is CC(=O)CCC(C)C1CCC2C3C(O)CC4CC(C)CC[C@]4(C)C3C[C@H](O)[C@]12C. The molecule has 0 saturated heterocycles. The molecular weight excluding hydrogens is 360 g/mol. The van der Waals surface area contributed by atoms with Crippen LogP contribution in [0.15, 0.2) is 0 Å². The van der Waals surface area contributed by atoms with Gasteiger partial charge in [0.1, 0.15) is 5.78 Å². The molecule has 4 rings (SSSR count). The number of aliphatic hydroxyl groups is 2. The molecule has 3 nitrogen and oxygen atoms in total. The lowest BCUT2D eigenvalue weighted by Gasteiger charge is -2.63. The van der Waals surface area contributed by atoms with Gasteiger partial charge in [-0.25, -0.2) is 0 Å². The molecule has 4 aliphatic carbocycles. The number of carbonyl (C=O) groups is 1. The number of hydrogen-bond acceptors (Lipinski definition) is 3. The van der Waals surface area contributed by atoms with Crippen LogP contribution in [0.4, 0.5) is 0 Å². The zero-order chi connectivity index (χ0) is 21.1. The third-order valence-corrected chi connectivity index (χ3v) is 10.8. The minimum atomic E-state index is -0.275. The Labute approximate surface area is 178 Å². The Morgan fingerprint density at radius 1 is 1.07 bits per heavy atom. The fraction of sp³-hybridized carbons (Fsp3) is 0.962. The number of rotatable bonds is 4. The van der Waals surface area contributed by atoms with Gasteiger partial charge in [-0.2, -0.15) is 0 Å². The van der Waals surface area contributed by atoms with Crippen molar-refractivity contribution in [1.82, 2.24) is 0 Å². The van der Waals surface area contributed by atoms with Gasteiger partial charge in [0.15, 0.2) is 0 Å². The van der Waals surface area contributed by atoms with E-state index < -0.39 is 0 Å². The molecule has 0 heterocycles. The van der Waals surface area contributed by atoms with E-state index in [2.05, 4.69) is 27.7 Å². The normalized spacial score (nSPS) is 52.9. The van der Waals surface area contributed by atoms with E-state index in [1.165, 1.54) is 19.3 Å². The largest absolute Gasteiger partial charge is 0.393 e. The Morgan fingerprint density at radius 3 is 2.48 bits per heavy atom. The second-order valence-electron chi connectivity index (χ2n) is 12.2. The van der Waals surface area contributed by atoms with Gasteiger partial charge in [0.25, 0.3) is 0 Å². The molecular formula is C26H44O3. The summed E-state index contributed by atoms with van der Waals surface area (Å²) in [6, 6.07) is 0. The Hall–Kier alpha value is -0.410. The summed E-state index contributed by atoms with van der Waals surface area (Å²) in [5, 5.41) is 22.9. The summed E-state index contributed by atoms with van der Waals surface area (Å²) in [6.45, 7) is 11.2. The number of ketones is 1. The quantitative estimate of drug-likeness (QED) is 0.675. The summed E-state index contributed by atoms with van der Waals surface area (Å²) < 4.78 is 0. The lowest BCUT2D eigenvalue weighted by Crippen LogP contribution is -2.62. The molecule has 4 fully saturated rings. The number of Topliss-reactive ketones (excluding diaryl/α,β-unsaturated/α-hetero) is 1. The second-order valence-corrected chi connectivity index (χ2v) is 12.2. The van der Waals surface area contributed by atoms with E-state index in [0.717, 1.165) is 38.0 Å². The van der Waals surface area contributed by atoms with Crippen LogP contribution in [0.1, 0.15) is 92.4 Å². The molecule has 3 heteroatoms. The first-order chi connectivity index (χ1) is 13.6. The van der Waals surface area contributed by atoms with Gasteiger partial charge < -0.3 is 15.0 Å². The standard InChI is InChI=1S/C26H44O3/c1-15-10-11-25(4)18(12-15)13-22(28)24-20-9-8-19(16(2)6-7-17(3)27)26(20,5)23(29)14-21(24)25/h15-16,18-24,28-29H,6-14H2,1-5H3/t15?,16?,18?,19?,20?,21?,22?,23-,24?,25-,26+/m0/s1. The predicted octanol–water partition coefficient (Wildman–Crippen LogP) is 5.23. The first-order valence-corrected chi connectivity index (χ1v) is 12.4. The minimum Gasteiger partial charge on any atom is -0.393 e. The maximum Gasteiger partial charge on any atom is 0.129 e. The fourth-order valence-electron chi connectivity index (χ4n) is 9.00. The van der Waals surface area contributed by atoms with E-state index in [1.54, 1.807) is 6.92 Å². The minimum absolute atomic E-state index is 0.108. The third kappa shape index (κ3) is 3.34. The van der Waals surface area contributed by atoms with E-state index >= 15 is 0 Å². The van der Waals surface area contributed by atoms with Gasteiger partial charge in [-0.1, -0.05) is 34.1 Å². The number of aliphatic hydroxyl groups excluding tert-OH is 2. The Bertz CT molecular complexity index is 631. The molecule has 0 amide bonds. The molecule has 0 aromatic carbocycles. The molecule has 4 aliphatic rings. The van der Waals surface area contributed by atoms with E-state index in [1.807, 2.05) is 0 Å². The fourth-order valence-corrected chi connectivity index (χ4v) is 9.00. The van der Waals surface area contributed by atoms with Crippen molar-refractivity contribution in [2.45, 2.75) is 105 Å². The van der Waals surface area contributed by atoms with E-state index in [9.17, 15) is 15.0 Å². The maximum atomic E-state index is 11.6. The molecule has 0 radical (unpaired) electrons. The molecule has 4 saturated carbocycles. The first-order valence-electron chi connectivity index (χ1n) is 12.4. The van der Waals surface area contributed by atoms with Crippen molar-refractivity contribution in [2.75, 3.05) is 0 Å². The summed E-state index contributed by atoms with van der Waals surface area (Å²) in [5.74, 6) is 3.82. The highest BCUT2D eigenvalue weighted by molar-refractivity contribution is 5.75. The zero-order valence-electron chi connectivity index (χ0n) is 19.4. The summed E-state index contributed by atoms with van der Waals surface area (Å²) in [6.07, 6.45) is 9.04. The van der Waals surface area contributed by atoms with Crippen LogP contribution in [-0.2, 0) is 4.79 Å². The first kappa shape index (κ1) is 21.8. The molecule has 11 atom stereocenters. The van der Waals surface area contributed by atoms with Crippen molar-refractivity contribution in [3.8, 4) is 0 Å². The molecule has 0 aliphatic heterocycles. The van der Waals surface area contributed by atoms with Crippen molar-refractivity contribution in [3.63, 3.8) is 0 Å². The van der Waals surface area contributed by atoms with Crippen LogP contribution in [-0.4, -0.2) is 28.2 Å². The molecule has 0 spiro atoms. The van der Waals surface area contributed by atoms with Gasteiger partial charge in [0, 0.05) is 6.42 Å². The number of carbonyl (C=O) groups excluding carboxylic acids is 1. The van der Waals surface area contributed by atoms with Crippen LogP contribution >= 0.6 is 0 Å². The predicted molar refractivity (Wildman–Crippen MR) is 116 cm³/mol. The van der Waals surface area contributed by atoms with Gasteiger partial charge >= 0.3 is 0 Å². The van der Waals surface area contributed by atoms with Crippen LogP contribution in [0.5, 0.6) is 0 Å². The molecule has 0 bridgehead atoms. The molecule has 0 aromatic rings. The monoisotopic (exact) mass is 404 g/mol. The number of hydrogen-bond donors (Lipinski definition) is 2. The molecule has 166 valence electrons. The summed E-state index contributed by atoms with van der Waals surface area (Å²) in [7, 11) is 0. The maximum absolute atomic E-state index is 11.6. The van der Waals surface area contributed by atoms with Gasteiger partial charge in [-0.15, -0.1) is 0 Å². The van der Waals surface area contributed by atoms with Crippen molar-refractivity contribution in [2.24, 2.45) is 52.3 Å². The Balaban J connectivity index is 1.61. The van der Waals surface area contributed by atoms with Crippen LogP contribution in [0, 0.1) is 52.3 Å². The average molecular weight is 405 g/mol. The van der Waals surface area contributed by atoms with Crippen LogP contribution < -0.4 is 0 Å². The molecule has 29 heavy (non-hydrogen) atoms. The number of fused-ring (bicyclic) bond motifs is 5. The third-order valence-electron chi connectivity index (χ3n) is 10.8. The van der Waals surface area contributed by atoms with Gasteiger partial charge in [-0.3, -0.25) is 0 Å². The average Bonchev–Trinajstić information content (AvgIpc) is 3.01.